The Labute approximate surface area is 325 Å². The van der Waals surface area contributed by atoms with Crippen molar-refractivity contribution in [3.05, 3.63) is 182 Å². The molecule has 0 amide bonds. The van der Waals surface area contributed by atoms with E-state index in [4.69, 9.17) is 15.0 Å². The molecule has 260 valence electrons. The number of fused-ring (bicyclic) bond motifs is 10. The first-order valence-electron chi connectivity index (χ1n) is 18.8. The van der Waals surface area contributed by atoms with E-state index < -0.39 is 0 Å². The summed E-state index contributed by atoms with van der Waals surface area (Å²) >= 11 is 1.84. The lowest BCUT2D eigenvalue weighted by atomic mass is 9.99. The van der Waals surface area contributed by atoms with E-state index in [9.17, 15) is 0 Å². The summed E-state index contributed by atoms with van der Waals surface area (Å²) < 4.78 is 4.88. The van der Waals surface area contributed by atoms with Gasteiger partial charge in [-0.3, -0.25) is 4.57 Å². The van der Waals surface area contributed by atoms with Crippen LogP contribution in [0.4, 0.5) is 0 Å². The molecule has 0 spiro atoms. The third-order valence-corrected chi connectivity index (χ3v) is 12.4. The van der Waals surface area contributed by atoms with Crippen molar-refractivity contribution in [1.82, 2.24) is 19.5 Å². The Balaban J connectivity index is 1.20. The van der Waals surface area contributed by atoms with Crippen LogP contribution in [0.2, 0.25) is 0 Å². The lowest BCUT2D eigenvalue weighted by Gasteiger charge is -2.14. The number of hydrogen-bond donors (Lipinski definition) is 0. The Bertz CT molecular complexity index is 3460. The highest BCUT2D eigenvalue weighted by Gasteiger charge is 2.22. The molecule has 0 saturated carbocycles. The van der Waals surface area contributed by atoms with Crippen molar-refractivity contribution in [2.45, 2.75) is 0 Å². The molecule has 4 nitrogen and oxygen atoms in total. The molecule has 12 aromatic rings. The van der Waals surface area contributed by atoms with Gasteiger partial charge in [-0.05, 0) is 62.8 Å². The monoisotopic (exact) mass is 730 g/mol. The Morgan fingerprint density at radius 1 is 0.339 bits per heavy atom. The zero-order valence-corrected chi connectivity index (χ0v) is 30.8. The van der Waals surface area contributed by atoms with Gasteiger partial charge in [0.05, 0.1) is 11.0 Å². The van der Waals surface area contributed by atoms with Crippen LogP contribution in [0, 0.1) is 0 Å². The fourth-order valence-electron chi connectivity index (χ4n) is 8.53. The Morgan fingerprint density at radius 3 is 1.62 bits per heavy atom. The molecule has 0 saturated heterocycles. The number of nitrogens with zero attached hydrogens (tertiary/aromatic N) is 4. The number of para-hydroxylation sites is 1. The average Bonchev–Trinajstić information content (AvgIpc) is 3.82. The van der Waals surface area contributed by atoms with Crippen LogP contribution in [0.15, 0.2) is 182 Å². The summed E-state index contributed by atoms with van der Waals surface area (Å²) in [6.45, 7) is 0. The molecule has 3 aromatic heterocycles. The predicted octanol–water partition coefficient (Wildman–Crippen LogP) is 13.8. The maximum atomic E-state index is 5.41. The Hall–Kier alpha value is -7.21. The van der Waals surface area contributed by atoms with Gasteiger partial charge in [0.1, 0.15) is 0 Å². The van der Waals surface area contributed by atoms with Crippen LogP contribution in [0.25, 0.3) is 114 Å². The van der Waals surface area contributed by atoms with Crippen LogP contribution in [-0.4, -0.2) is 19.5 Å². The topological polar surface area (TPSA) is 43.6 Å². The molecule has 0 aliphatic carbocycles. The van der Waals surface area contributed by atoms with Gasteiger partial charge in [-0.2, -0.15) is 9.97 Å². The van der Waals surface area contributed by atoms with E-state index in [0.29, 0.717) is 17.6 Å². The van der Waals surface area contributed by atoms with Gasteiger partial charge in [0, 0.05) is 53.0 Å². The lowest BCUT2D eigenvalue weighted by molar-refractivity contribution is 0.956. The normalized spacial score (nSPS) is 11.9. The van der Waals surface area contributed by atoms with Crippen molar-refractivity contribution >= 4 is 85.6 Å². The Morgan fingerprint density at radius 2 is 0.893 bits per heavy atom. The highest BCUT2D eigenvalue weighted by Crippen LogP contribution is 2.43. The number of benzene rings is 9. The van der Waals surface area contributed by atoms with E-state index in [0.717, 1.165) is 65.6 Å². The van der Waals surface area contributed by atoms with Crippen LogP contribution in [0.1, 0.15) is 0 Å². The molecule has 3 heterocycles. The van der Waals surface area contributed by atoms with Gasteiger partial charge in [-0.15, -0.1) is 11.3 Å². The molecular weight excluding hydrogens is 701 g/mol. The number of thiophene rings is 1. The largest absolute Gasteiger partial charge is 0.277 e. The minimum absolute atomic E-state index is 0.581. The number of aromatic nitrogens is 4. The smallest absolute Gasteiger partial charge is 0.238 e. The summed E-state index contributed by atoms with van der Waals surface area (Å²) in [7, 11) is 0. The predicted molar refractivity (Wildman–Crippen MR) is 236 cm³/mol. The Kier molecular flexibility index (Phi) is 6.76. The molecular formula is C51H30N4S. The van der Waals surface area contributed by atoms with E-state index in [-0.39, 0.29) is 0 Å². The van der Waals surface area contributed by atoms with Gasteiger partial charge in [0.15, 0.2) is 11.6 Å². The van der Waals surface area contributed by atoms with Gasteiger partial charge in [0.2, 0.25) is 5.95 Å². The third-order valence-electron chi connectivity index (χ3n) is 11.2. The van der Waals surface area contributed by atoms with Crippen LogP contribution in [0.5, 0.6) is 0 Å². The fraction of sp³-hybridized carbons (Fsp3) is 0. The second kappa shape index (κ2) is 12.2. The standard InChI is InChI=1S/C51H30N4S/c1-3-13-34-28-37(22-20-31(34)10-1)49-52-50(38-23-21-32-11-2-4-14-35(32)29-38)54-51(53-49)55-47-39-15-6-5-12-33(39)24-26-43(47)42-18-9-17-40(48(42)55)36-25-27-46-44(30-36)41-16-7-8-19-45(41)56-46/h1-30H. The molecule has 0 atom stereocenters. The summed E-state index contributed by atoms with van der Waals surface area (Å²) in [6.07, 6.45) is 0. The molecule has 0 unspecified atom stereocenters. The quantitative estimate of drug-likeness (QED) is 0.181. The van der Waals surface area contributed by atoms with Gasteiger partial charge >= 0.3 is 0 Å². The van der Waals surface area contributed by atoms with Crippen molar-refractivity contribution in [1.29, 1.82) is 0 Å². The van der Waals surface area contributed by atoms with Crippen molar-refractivity contribution < 1.29 is 0 Å². The SMILES string of the molecule is c1ccc2cc(-c3nc(-c4ccc5ccccc5c4)nc(-n4c5c(-c6ccc7sc8ccccc8c7c6)cccc5c5ccc6ccccc6c54)n3)ccc2c1. The van der Waals surface area contributed by atoms with Crippen molar-refractivity contribution in [2.24, 2.45) is 0 Å². The van der Waals surface area contributed by atoms with E-state index in [1.165, 1.54) is 30.9 Å². The minimum atomic E-state index is 0.581. The molecule has 12 rings (SSSR count). The first-order chi connectivity index (χ1) is 27.7. The molecule has 0 fully saturated rings. The maximum Gasteiger partial charge on any atom is 0.238 e. The number of rotatable bonds is 4. The van der Waals surface area contributed by atoms with Gasteiger partial charge < -0.3 is 0 Å². The van der Waals surface area contributed by atoms with Gasteiger partial charge in [0.25, 0.3) is 0 Å². The average molecular weight is 731 g/mol. The minimum Gasteiger partial charge on any atom is -0.277 e. The summed E-state index contributed by atoms with van der Waals surface area (Å²) in [5.41, 5.74) is 6.30. The third kappa shape index (κ3) is 4.81. The zero-order chi connectivity index (χ0) is 36.7. The van der Waals surface area contributed by atoms with Crippen LogP contribution >= 0.6 is 11.3 Å². The first-order valence-corrected chi connectivity index (χ1v) is 19.7. The molecule has 0 radical (unpaired) electrons. The highest BCUT2D eigenvalue weighted by molar-refractivity contribution is 7.25. The second-order valence-electron chi connectivity index (χ2n) is 14.4. The highest BCUT2D eigenvalue weighted by atomic mass is 32.1. The van der Waals surface area contributed by atoms with Gasteiger partial charge in [-0.1, -0.05) is 152 Å². The van der Waals surface area contributed by atoms with Crippen molar-refractivity contribution in [3.63, 3.8) is 0 Å². The van der Waals surface area contributed by atoms with Crippen molar-refractivity contribution in [2.75, 3.05) is 0 Å². The van der Waals surface area contributed by atoms with Crippen LogP contribution in [0.3, 0.4) is 0 Å². The van der Waals surface area contributed by atoms with Crippen LogP contribution < -0.4 is 0 Å². The summed E-state index contributed by atoms with van der Waals surface area (Å²) in [6, 6.07) is 65.1. The first kappa shape index (κ1) is 31.2. The van der Waals surface area contributed by atoms with Crippen molar-refractivity contribution in [3.8, 4) is 39.9 Å². The zero-order valence-electron chi connectivity index (χ0n) is 30.0. The van der Waals surface area contributed by atoms with E-state index in [2.05, 4.69) is 187 Å². The molecule has 0 bridgehead atoms. The fourth-order valence-corrected chi connectivity index (χ4v) is 9.62. The van der Waals surface area contributed by atoms with E-state index in [1.54, 1.807) is 0 Å². The summed E-state index contributed by atoms with van der Waals surface area (Å²) in [5, 5.41) is 11.8. The second-order valence-corrected chi connectivity index (χ2v) is 15.5. The van der Waals surface area contributed by atoms with E-state index >= 15 is 0 Å². The summed E-state index contributed by atoms with van der Waals surface area (Å²) in [4.78, 5) is 16.0. The molecule has 56 heavy (non-hydrogen) atoms. The maximum absolute atomic E-state index is 5.41. The van der Waals surface area contributed by atoms with Crippen LogP contribution in [-0.2, 0) is 0 Å². The number of hydrogen-bond acceptors (Lipinski definition) is 4. The summed E-state index contributed by atoms with van der Waals surface area (Å²) in [5.74, 6) is 1.84. The molecule has 0 aliphatic heterocycles. The lowest BCUT2D eigenvalue weighted by Crippen LogP contribution is -2.07. The van der Waals surface area contributed by atoms with Gasteiger partial charge in [-0.25, -0.2) is 4.98 Å². The molecule has 9 aromatic carbocycles. The van der Waals surface area contributed by atoms with E-state index in [1.807, 2.05) is 11.3 Å². The molecule has 5 heteroatoms. The molecule has 0 aliphatic rings. The molecule has 0 N–H and O–H groups in total.